The molecule has 0 unspecified atom stereocenters. The molecule has 8 nitrogen and oxygen atoms in total. The lowest BCUT2D eigenvalue weighted by Gasteiger charge is -2.22. The maximum Gasteiger partial charge on any atom is 0.338 e. The Morgan fingerprint density at radius 1 is 0.939 bits per heavy atom. The fourth-order valence-electron chi connectivity index (χ4n) is 2.97. The van der Waals surface area contributed by atoms with Crippen molar-refractivity contribution in [2.75, 3.05) is 25.6 Å². The Kier molecular flexibility index (Phi) is 8.73. The Morgan fingerprint density at radius 3 is 2.21 bits per heavy atom. The zero-order valence-electron chi connectivity index (χ0n) is 19.5. The molecule has 0 atom stereocenters. The Balaban J connectivity index is 2.29. The first kappa shape index (κ1) is 25.6. The van der Waals surface area contributed by atoms with E-state index in [0.29, 0.717) is 5.69 Å². The van der Waals surface area contributed by atoms with Crippen LogP contribution in [0.5, 0.6) is 0 Å². The van der Waals surface area contributed by atoms with Crippen LogP contribution in [0.1, 0.15) is 53.5 Å². The molecule has 0 aliphatic rings. The predicted octanol–water partition coefficient (Wildman–Crippen LogP) is 3.57. The molecule has 0 aliphatic carbocycles. The number of methoxy groups -OCH3 is 1. The lowest BCUT2D eigenvalue weighted by Crippen LogP contribution is -2.29. The average molecular weight is 456 g/mol. The maximum atomic E-state index is 13.0. The first-order valence-corrected chi connectivity index (χ1v) is 10.4. The Morgan fingerprint density at radius 2 is 1.61 bits per heavy atom. The number of anilines is 1. The minimum Gasteiger partial charge on any atom is -0.468 e. The molecule has 0 aliphatic heterocycles. The van der Waals surface area contributed by atoms with Gasteiger partial charge < -0.3 is 19.1 Å². The van der Waals surface area contributed by atoms with Gasteiger partial charge in [0.05, 0.1) is 12.7 Å². The third-order valence-electron chi connectivity index (χ3n) is 4.48. The molecule has 0 bridgehead atoms. The number of carbonyl (C=O) groups is 4. The first-order valence-electron chi connectivity index (χ1n) is 10.4. The van der Waals surface area contributed by atoms with E-state index in [1.807, 2.05) is 30.3 Å². The van der Waals surface area contributed by atoms with Gasteiger partial charge in [-0.2, -0.15) is 0 Å². The second-order valence-corrected chi connectivity index (χ2v) is 8.41. The van der Waals surface area contributed by atoms with Crippen molar-refractivity contribution in [3.8, 4) is 0 Å². The third-order valence-corrected chi connectivity index (χ3v) is 4.48. The van der Waals surface area contributed by atoms with Crippen LogP contribution in [-0.4, -0.2) is 50.0 Å². The molecule has 2 aromatic rings. The van der Waals surface area contributed by atoms with Crippen LogP contribution in [0.4, 0.5) is 5.69 Å². The highest BCUT2D eigenvalue weighted by molar-refractivity contribution is 6.10. The standard InChI is InChI=1S/C25H29NO7/c1-25(2,3)33-22(28)14-21(27)19-13-18(11-12-20(19)26(4)15-23(29)31-5)24(30)32-16-17-9-7-6-8-10-17/h6-13H,14-16H2,1-5H3. The van der Waals surface area contributed by atoms with Gasteiger partial charge in [0.1, 0.15) is 25.2 Å². The van der Waals surface area contributed by atoms with Gasteiger partial charge in [0.25, 0.3) is 0 Å². The summed E-state index contributed by atoms with van der Waals surface area (Å²) in [5.41, 5.74) is 0.690. The predicted molar refractivity (Wildman–Crippen MR) is 122 cm³/mol. The summed E-state index contributed by atoms with van der Waals surface area (Å²) >= 11 is 0. The maximum absolute atomic E-state index is 13.0. The highest BCUT2D eigenvalue weighted by Crippen LogP contribution is 2.24. The minimum atomic E-state index is -0.745. The summed E-state index contributed by atoms with van der Waals surface area (Å²) < 4.78 is 15.3. The minimum absolute atomic E-state index is 0.0743. The van der Waals surface area contributed by atoms with Crippen LogP contribution in [0.15, 0.2) is 48.5 Å². The highest BCUT2D eigenvalue weighted by atomic mass is 16.6. The van der Waals surface area contributed by atoms with Crippen LogP contribution < -0.4 is 4.90 Å². The van der Waals surface area contributed by atoms with Crippen molar-refractivity contribution in [3.05, 3.63) is 65.2 Å². The molecular formula is C25H29NO7. The van der Waals surface area contributed by atoms with Gasteiger partial charge >= 0.3 is 17.9 Å². The summed E-state index contributed by atoms with van der Waals surface area (Å²) in [6, 6.07) is 13.6. The van der Waals surface area contributed by atoms with E-state index in [2.05, 4.69) is 4.74 Å². The van der Waals surface area contributed by atoms with E-state index < -0.39 is 35.7 Å². The highest BCUT2D eigenvalue weighted by Gasteiger charge is 2.24. The van der Waals surface area contributed by atoms with Crippen LogP contribution in [0.2, 0.25) is 0 Å². The van der Waals surface area contributed by atoms with E-state index in [0.717, 1.165) is 5.56 Å². The van der Waals surface area contributed by atoms with E-state index in [-0.39, 0.29) is 24.3 Å². The summed E-state index contributed by atoms with van der Waals surface area (Å²) in [5.74, 6) is -2.36. The number of likely N-dealkylation sites (N-methyl/N-ethyl adjacent to an activating group) is 1. The summed E-state index contributed by atoms with van der Waals surface area (Å²) in [6.45, 7) is 5.06. The largest absolute Gasteiger partial charge is 0.468 e. The Labute approximate surface area is 193 Å². The number of benzene rings is 2. The fourth-order valence-corrected chi connectivity index (χ4v) is 2.97. The molecule has 0 fully saturated rings. The topological polar surface area (TPSA) is 99.2 Å². The zero-order chi connectivity index (χ0) is 24.6. The van der Waals surface area contributed by atoms with Gasteiger partial charge in [-0.05, 0) is 44.5 Å². The van der Waals surface area contributed by atoms with E-state index >= 15 is 0 Å². The van der Waals surface area contributed by atoms with Crippen LogP contribution >= 0.6 is 0 Å². The van der Waals surface area contributed by atoms with Gasteiger partial charge in [0.15, 0.2) is 5.78 Å². The lowest BCUT2D eigenvalue weighted by molar-refractivity contribution is -0.153. The average Bonchev–Trinajstić information content (AvgIpc) is 2.76. The van der Waals surface area contributed by atoms with Gasteiger partial charge in [0.2, 0.25) is 0 Å². The second-order valence-electron chi connectivity index (χ2n) is 8.41. The van der Waals surface area contributed by atoms with Crippen molar-refractivity contribution >= 4 is 29.4 Å². The normalized spacial score (nSPS) is 10.8. The van der Waals surface area contributed by atoms with Gasteiger partial charge in [-0.15, -0.1) is 0 Å². The molecule has 0 N–H and O–H groups in total. The molecule has 2 rings (SSSR count). The number of hydrogen-bond donors (Lipinski definition) is 0. The Bertz CT molecular complexity index is 1010. The van der Waals surface area contributed by atoms with Crippen LogP contribution in [0.25, 0.3) is 0 Å². The van der Waals surface area contributed by atoms with Gasteiger partial charge in [-0.3, -0.25) is 14.4 Å². The van der Waals surface area contributed by atoms with E-state index in [9.17, 15) is 19.2 Å². The van der Waals surface area contributed by atoms with E-state index in [4.69, 9.17) is 9.47 Å². The van der Waals surface area contributed by atoms with Crippen LogP contribution in [0.3, 0.4) is 0 Å². The molecule has 2 aromatic carbocycles. The molecule has 0 heterocycles. The van der Waals surface area contributed by atoms with Gasteiger partial charge in [-0.25, -0.2) is 4.79 Å². The summed E-state index contributed by atoms with van der Waals surface area (Å²) in [5, 5.41) is 0. The molecule has 0 aromatic heterocycles. The number of rotatable bonds is 9. The number of Topliss-reactive ketones (excluding diaryl/α,β-unsaturated/α-hetero) is 1. The van der Waals surface area contributed by atoms with Crippen molar-refractivity contribution < 1.29 is 33.4 Å². The molecule has 0 saturated heterocycles. The van der Waals surface area contributed by atoms with Crippen molar-refractivity contribution in [3.63, 3.8) is 0 Å². The quantitative estimate of drug-likeness (QED) is 0.245. The van der Waals surface area contributed by atoms with Crippen molar-refractivity contribution in [1.82, 2.24) is 0 Å². The number of carbonyl (C=O) groups excluding carboxylic acids is 4. The van der Waals surface area contributed by atoms with Crippen molar-refractivity contribution in [1.29, 1.82) is 0 Å². The monoisotopic (exact) mass is 455 g/mol. The molecule has 0 saturated carbocycles. The SMILES string of the molecule is COC(=O)CN(C)c1ccc(C(=O)OCc2ccccc2)cc1C(=O)CC(=O)OC(C)(C)C. The molecule has 8 heteroatoms. The molecule has 0 spiro atoms. The number of esters is 3. The van der Waals surface area contributed by atoms with E-state index in [1.165, 1.54) is 30.2 Å². The van der Waals surface area contributed by atoms with Crippen molar-refractivity contribution in [2.45, 2.75) is 39.4 Å². The Hall–Kier alpha value is -3.68. The summed E-state index contributed by atoms with van der Waals surface area (Å²) in [6.07, 6.45) is -0.515. The van der Waals surface area contributed by atoms with Crippen LogP contribution in [0, 0.1) is 0 Å². The molecular weight excluding hydrogens is 426 g/mol. The van der Waals surface area contributed by atoms with E-state index in [1.54, 1.807) is 27.8 Å². The number of nitrogens with zero attached hydrogens (tertiary/aromatic N) is 1. The number of ether oxygens (including phenoxy) is 3. The summed E-state index contributed by atoms with van der Waals surface area (Å²) in [7, 11) is 2.86. The second kappa shape index (κ2) is 11.3. The van der Waals surface area contributed by atoms with Gasteiger partial charge in [-0.1, -0.05) is 30.3 Å². The first-order chi connectivity index (χ1) is 15.5. The zero-order valence-corrected chi connectivity index (χ0v) is 19.5. The molecule has 0 radical (unpaired) electrons. The third kappa shape index (κ3) is 8.07. The van der Waals surface area contributed by atoms with Crippen LogP contribution in [-0.2, 0) is 30.4 Å². The molecule has 33 heavy (non-hydrogen) atoms. The number of hydrogen-bond acceptors (Lipinski definition) is 8. The lowest BCUT2D eigenvalue weighted by atomic mass is 10.0. The van der Waals surface area contributed by atoms with Gasteiger partial charge in [0, 0.05) is 18.3 Å². The fraction of sp³-hybridized carbons (Fsp3) is 0.360. The number of ketones is 1. The molecule has 0 amide bonds. The molecule has 176 valence electrons. The smallest absolute Gasteiger partial charge is 0.338 e. The summed E-state index contributed by atoms with van der Waals surface area (Å²) in [4.78, 5) is 51.0. The van der Waals surface area contributed by atoms with Crippen molar-refractivity contribution in [2.24, 2.45) is 0 Å².